The summed E-state index contributed by atoms with van der Waals surface area (Å²) >= 11 is 0. The number of ketones is 1. The maximum atomic E-state index is 13.8. The molecule has 0 saturated carbocycles. The van der Waals surface area contributed by atoms with E-state index in [0.717, 1.165) is 5.56 Å². The number of hydrogen-bond donors (Lipinski definition) is 1. The first-order valence-electron chi connectivity index (χ1n) is 8.24. The summed E-state index contributed by atoms with van der Waals surface area (Å²) in [6.45, 7) is 2.08. The molecule has 0 aromatic heterocycles. The minimum absolute atomic E-state index is 0.0867. The summed E-state index contributed by atoms with van der Waals surface area (Å²) in [6.07, 6.45) is 0.239. The highest BCUT2D eigenvalue weighted by molar-refractivity contribution is 5.90. The molecule has 1 saturated heterocycles. The number of rotatable bonds is 5. The Hall–Kier alpha value is -2.56. The number of aryl methyl sites for hydroxylation is 1. The van der Waals surface area contributed by atoms with Gasteiger partial charge in [-0.1, -0.05) is 24.3 Å². The van der Waals surface area contributed by atoms with Crippen LogP contribution in [0.2, 0.25) is 0 Å². The van der Waals surface area contributed by atoms with E-state index in [9.17, 15) is 18.4 Å². The lowest BCUT2D eigenvalue weighted by molar-refractivity contribution is -0.127. The standard InChI is InChI=1S/C20H19F2NO2/c1-12-2-5-14(9-19(12)22)18-11-23-20(25)17(18)10-16(24)8-13-3-6-15(21)7-4-13/h2-7,9,17-18H,8,10-11H2,1H3,(H,23,25)/t17-,18-/m0/s1. The van der Waals surface area contributed by atoms with Crippen LogP contribution in [0.25, 0.3) is 0 Å². The Balaban J connectivity index is 1.72. The molecule has 2 atom stereocenters. The van der Waals surface area contributed by atoms with Crippen LogP contribution >= 0.6 is 0 Å². The summed E-state index contributed by atoms with van der Waals surface area (Å²) in [5, 5.41) is 2.77. The van der Waals surface area contributed by atoms with Crippen molar-refractivity contribution < 1.29 is 18.4 Å². The van der Waals surface area contributed by atoms with E-state index in [0.29, 0.717) is 17.7 Å². The zero-order chi connectivity index (χ0) is 18.0. The zero-order valence-corrected chi connectivity index (χ0v) is 13.9. The van der Waals surface area contributed by atoms with Crippen LogP contribution in [-0.4, -0.2) is 18.2 Å². The molecule has 1 aliphatic rings. The van der Waals surface area contributed by atoms with Crippen LogP contribution in [0.3, 0.4) is 0 Å². The van der Waals surface area contributed by atoms with E-state index in [1.54, 1.807) is 31.2 Å². The summed E-state index contributed by atoms with van der Waals surface area (Å²) < 4.78 is 26.8. The molecule has 1 aliphatic heterocycles. The van der Waals surface area contributed by atoms with Crippen LogP contribution in [-0.2, 0) is 16.0 Å². The molecule has 2 aromatic rings. The topological polar surface area (TPSA) is 46.2 Å². The fraction of sp³-hybridized carbons (Fsp3) is 0.300. The third-order valence-corrected chi connectivity index (χ3v) is 4.70. The average molecular weight is 343 g/mol. The molecule has 25 heavy (non-hydrogen) atoms. The van der Waals surface area contributed by atoms with Gasteiger partial charge in [0.25, 0.3) is 0 Å². The van der Waals surface area contributed by atoms with E-state index in [4.69, 9.17) is 0 Å². The Morgan fingerprint density at radius 3 is 2.56 bits per heavy atom. The van der Waals surface area contributed by atoms with Crippen molar-refractivity contribution in [2.45, 2.75) is 25.7 Å². The second-order valence-corrected chi connectivity index (χ2v) is 6.51. The van der Waals surface area contributed by atoms with Crippen LogP contribution in [0.1, 0.15) is 29.0 Å². The highest BCUT2D eigenvalue weighted by Gasteiger charge is 2.37. The molecule has 0 spiro atoms. The molecule has 5 heteroatoms. The predicted molar refractivity (Wildman–Crippen MR) is 90.1 cm³/mol. The van der Waals surface area contributed by atoms with Gasteiger partial charge >= 0.3 is 0 Å². The van der Waals surface area contributed by atoms with E-state index in [2.05, 4.69) is 5.32 Å². The van der Waals surface area contributed by atoms with E-state index in [-0.39, 0.29) is 42.1 Å². The molecule has 1 N–H and O–H groups in total. The summed E-state index contributed by atoms with van der Waals surface area (Å²) in [6, 6.07) is 10.7. The molecule has 1 heterocycles. The quantitative estimate of drug-likeness (QED) is 0.905. The Labute approximate surface area is 145 Å². The van der Waals surface area contributed by atoms with E-state index < -0.39 is 5.92 Å². The van der Waals surface area contributed by atoms with Gasteiger partial charge in [0.1, 0.15) is 17.4 Å². The van der Waals surface area contributed by atoms with Crippen LogP contribution in [0, 0.1) is 24.5 Å². The lowest BCUT2D eigenvalue weighted by Gasteiger charge is -2.17. The molecule has 1 amide bonds. The van der Waals surface area contributed by atoms with Crippen LogP contribution in [0.5, 0.6) is 0 Å². The van der Waals surface area contributed by atoms with Crippen molar-refractivity contribution in [2.24, 2.45) is 5.92 Å². The summed E-state index contributed by atoms with van der Waals surface area (Å²) in [5.74, 6) is -1.67. The van der Waals surface area contributed by atoms with Gasteiger partial charge in [0, 0.05) is 25.3 Å². The van der Waals surface area contributed by atoms with E-state index in [1.807, 2.05) is 0 Å². The second-order valence-electron chi connectivity index (χ2n) is 6.51. The number of halogens is 2. The summed E-state index contributed by atoms with van der Waals surface area (Å²) in [4.78, 5) is 24.5. The maximum Gasteiger partial charge on any atom is 0.224 e. The normalized spacial score (nSPS) is 19.7. The van der Waals surface area contributed by atoms with Crippen molar-refractivity contribution in [3.63, 3.8) is 0 Å². The SMILES string of the molecule is Cc1ccc([C@@H]2CNC(=O)[C@H]2CC(=O)Cc2ccc(F)cc2)cc1F. The first-order chi connectivity index (χ1) is 11.9. The third-order valence-electron chi connectivity index (χ3n) is 4.70. The van der Waals surface area contributed by atoms with Gasteiger partial charge in [-0.2, -0.15) is 0 Å². The molecule has 3 nitrogen and oxygen atoms in total. The molecule has 0 bridgehead atoms. The summed E-state index contributed by atoms with van der Waals surface area (Å²) in [7, 11) is 0. The lowest BCUT2D eigenvalue weighted by Crippen LogP contribution is -2.23. The van der Waals surface area contributed by atoms with Crippen LogP contribution in [0.4, 0.5) is 8.78 Å². The third kappa shape index (κ3) is 3.92. The van der Waals surface area contributed by atoms with Crippen molar-refractivity contribution in [1.82, 2.24) is 5.32 Å². The lowest BCUT2D eigenvalue weighted by atomic mass is 9.84. The van der Waals surface area contributed by atoms with E-state index >= 15 is 0 Å². The second kappa shape index (κ2) is 7.13. The number of carbonyl (C=O) groups is 2. The van der Waals surface area contributed by atoms with Gasteiger partial charge in [0.05, 0.1) is 5.92 Å². The van der Waals surface area contributed by atoms with Gasteiger partial charge in [0.2, 0.25) is 5.91 Å². The summed E-state index contributed by atoms with van der Waals surface area (Å²) in [5.41, 5.74) is 1.98. The Morgan fingerprint density at radius 2 is 1.88 bits per heavy atom. The van der Waals surface area contributed by atoms with Gasteiger partial charge in [-0.05, 0) is 41.8 Å². The Kier molecular flexibility index (Phi) is 4.93. The molecule has 0 radical (unpaired) electrons. The fourth-order valence-electron chi connectivity index (χ4n) is 3.24. The smallest absolute Gasteiger partial charge is 0.224 e. The average Bonchev–Trinajstić information content (AvgIpc) is 2.93. The van der Waals surface area contributed by atoms with Gasteiger partial charge in [0.15, 0.2) is 0 Å². The highest BCUT2D eigenvalue weighted by atomic mass is 19.1. The largest absolute Gasteiger partial charge is 0.355 e. The molecule has 0 unspecified atom stereocenters. The minimum Gasteiger partial charge on any atom is -0.355 e. The van der Waals surface area contributed by atoms with Crippen molar-refractivity contribution in [1.29, 1.82) is 0 Å². The van der Waals surface area contributed by atoms with Gasteiger partial charge in [-0.25, -0.2) is 8.78 Å². The van der Waals surface area contributed by atoms with Gasteiger partial charge in [-0.3, -0.25) is 9.59 Å². The molecular formula is C20H19F2NO2. The first-order valence-corrected chi connectivity index (χ1v) is 8.24. The number of carbonyl (C=O) groups excluding carboxylic acids is 2. The molecule has 3 rings (SSSR count). The van der Waals surface area contributed by atoms with Crippen LogP contribution < -0.4 is 5.32 Å². The molecule has 2 aromatic carbocycles. The van der Waals surface area contributed by atoms with Crippen molar-refractivity contribution in [3.05, 3.63) is 70.8 Å². The van der Waals surface area contributed by atoms with Gasteiger partial charge < -0.3 is 5.32 Å². The number of nitrogens with one attached hydrogen (secondary N) is 1. The van der Waals surface area contributed by atoms with Gasteiger partial charge in [-0.15, -0.1) is 0 Å². The van der Waals surface area contributed by atoms with Crippen molar-refractivity contribution in [3.8, 4) is 0 Å². The number of Topliss-reactive ketones (excluding diaryl/α,β-unsaturated/α-hetero) is 1. The number of hydrogen-bond acceptors (Lipinski definition) is 2. The minimum atomic E-state index is -0.505. The van der Waals surface area contributed by atoms with Crippen molar-refractivity contribution >= 4 is 11.7 Å². The molecule has 130 valence electrons. The maximum absolute atomic E-state index is 13.8. The van der Waals surface area contributed by atoms with Crippen LogP contribution in [0.15, 0.2) is 42.5 Å². The monoisotopic (exact) mass is 343 g/mol. The fourth-order valence-corrected chi connectivity index (χ4v) is 3.24. The number of benzene rings is 2. The Bertz CT molecular complexity index is 802. The number of amides is 1. The van der Waals surface area contributed by atoms with Crippen molar-refractivity contribution in [2.75, 3.05) is 6.54 Å². The molecular weight excluding hydrogens is 324 g/mol. The predicted octanol–water partition coefficient (Wildman–Crippen LogP) is 3.30. The highest BCUT2D eigenvalue weighted by Crippen LogP contribution is 2.32. The Morgan fingerprint density at radius 1 is 1.16 bits per heavy atom. The zero-order valence-electron chi connectivity index (χ0n) is 13.9. The first kappa shape index (κ1) is 17.3. The molecule has 1 fully saturated rings. The van der Waals surface area contributed by atoms with E-state index in [1.165, 1.54) is 18.2 Å². The molecule has 0 aliphatic carbocycles.